The minimum atomic E-state index is -1.82. The van der Waals surface area contributed by atoms with Crippen molar-refractivity contribution in [2.24, 2.45) is 11.7 Å². The molecule has 0 aromatic heterocycles. The Morgan fingerprint density at radius 1 is 1.14 bits per heavy atom. The highest BCUT2D eigenvalue weighted by Gasteiger charge is 2.24. The number of nitrogens with two attached hydrogens (primary N) is 1. The fraction of sp³-hybridized carbons (Fsp3) is 0.786. The Labute approximate surface area is 129 Å². The molecule has 0 bridgehead atoms. The van der Waals surface area contributed by atoms with Crippen molar-refractivity contribution in [1.82, 2.24) is 5.32 Å². The summed E-state index contributed by atoms with van der Waals surface area (Å²) in [7, 11) is 0. The number of aliphatic hydroxyl groups is 1. The van der Waals surface area contributed by atoms with Crippen LogP contribution in [-0.4, -0.2) is 51.4 Å². The van der Waals surface area contributed by atoms with Crippen molar-refractivity contribution in [3.8, 4) is 0 Å². The summed E-state index contributed by atoms with van der Waals surface area (Å²) in [6, 6.07) is 0. The molecule has 1 aliphatic carbocycles. The second kappa shape index (κ2) is 9.37. The van der Waals surface area contributed by atoms with Crippen LogP contribution in [0.25, 0.3) is 0 Å². The topological polar surface area (TPSA) is 150 Å². The van der Waals surface area contributed by atoms with Gasteiger partial charge in [0.25, 0.3) is 0 Å². The van der Waals surface area contributed by atoms with E-state index in [-0.39, 0.29) is 12.0 Å². The summed E-state index contributed by atoms with van der Waals surface area (Å²) in [5.74, 6) is -3.43. The third-order valence-electron chi connectivity index (χ3n) is 3.44. The van der Waals surface area contributed by atoms with Crippen LogP contribution >= 0.6 is 0 Å². The van der Waals surface area contributed by atoms with Gasteiger partial charge in [-0.05, 0) is 39.0 Å². The van der Waals surface area contributed by atoms with E-state index in [0.29, 0.717) is 12.5 Å². The zero-order valence-electron chi connectivity index (χ0n) is 13.0. The highest BCUT2D eigenvalue weighted by molar-refractivity contribution is 6.27. The lowest BCUT2D eigenvalue weighted by Crippen LogP contribution is -2.49. The highest BCUT2D eigenvalue weighted by atomic mass is 16.4. The van der Waals surface area contributed by atoms with E-state index in [2.05, 4.69) is 5.32 Å². The van der Waals surface area contributed by atoms with Crippen LogP contribution < -0.4 is 11.1 Å². The average Bonchev–Trinajstić information content (AvgIpc) is 2.40. The molecule has 8 heteroatoms. The Morgan fingerprint density at radius 3 is 2.05 bits per heavy atom. The summed E-state index contributed by atoms with van der Waals surface area (Å²) >= 11 is 0. The molecule has 0 radical (unpaired) electrons. The Balaban J connectivity index is 0.000000626. The van der Waals surface area contributed by atoms with Gasteiger partial charge >= 0.3 is 11.9 Å². The molecule has 2 unspecified atom stereocenters. The van der Waals surface area contributed by atoms with Gasteiger partial charge in [0.15, 0.2) is 0 Å². The van der Waals surface area contributed by atoms with E-state index < -0.39 is 17.5 Å². The summed E-state index contributed by atoms with van der Waals surface area (Å²) < 4.78 is 0. The zero-order chi connectivity index (χ0) is 17.3. The number of carbonyl (C=O) groups is 3. The minimum absolute atomic E-state index is 0.127. The Morgan fingerprint density at radius 2 is 1.64 bits per heavy atom. The third-order valence-corrected chi connectivity index (χ3v) is 3.44. The number of carboxylic acid groups (broad SMARTS) is 2. The number of hydrogen-bond donors (Lipinski definition) is 5. The molecule has 8 nitrogen and oxygen atoms in total. The molecule has 1 aliphatic rings. The van der Waals surface area contributed by atoms with Gasteiger partial charge in [0.05, 0.1) is 11.6 Å². The molecule has 1 saturated carbocycles. The normalized spacial score (nSPS) is 21.3. The standard InChI is InChI=1S/C12H24N2O2.C2H2O4/c1-12(2,13)11(16)14-8-7-9-5-3-4-6-10(9)15;3-1(4)2(5)6/h9-10,15H,3-8,13H2,1-2H3,(H,14,16);(H,3,4)(H,5,6). The van der Waals surface area contributed by atoms with E-state index in [9.17, 15) is 9.90 Å². The average molecular weight is 318 g/mol. The van der Waals surface area contributed by atoms with Crippen molar-refractivity contribution >= 4 is 17.8 Å². The molecule has 0 spiro atoms. The van der Waals surface area contributed by atoms with Crippen LogP contribution in [0.1, 0.15) is 46.0 Å². The fourth-order valence-corrected chi connectivity index (χ4v) is 2.12. The summed E-state index contributed by atoms with van der Waals surface area (Å²) in [5.41, 5.74) is 4.85. The van der Waals surface area contributed by atoms with Gasteiger partial charge in [-0.2, -0.15) is 0 Å². The zero-order valence-corrected chi connectivity index (χ0v) is 13.0. The van der Waals surface area contributed by atoms with Crippen LogP contribution in [0.3, 0.4) is 0 Å². The molecule has 128 valence electrons. The maximum absolute atomic E-state index is 11.5. The van der Waals surface area contributed by atoms with E-state index in [1.807, 2.05) is 0 Å². The molecule has 0 aromatic carbocycles. The monoisotopic (exact) mass is 318 g/mol. The van der Waals surface area contributed by atoms with Gasteiger partial charge in [-0.3, -0.25) is 4.79 Å². The summed E-state index contributed by atoms with van der Waals surface area (Å²) in [5, 5.41) is 27.4. The smallest absolute Gasteiger partial charge is 0.414 e. The number of carbonyl (C=O) groups excluding carboxylic acids is 1. The SMILES string of the molecule is CC(C)(N)C(=O)NCCC1CCCCC1O.O=C(O)C(=O)O. The quantitative estimate of drug-likeness (QED) is 0.455. The Bertz CT molecular complexity index is 379. The van der Waals surface area contributed by atoms with Gasteiger partial charge < -0.3 is 26.4 Å². The largest absolute Gasteiger partial charge is 0.473 e. The number of amides is 1. The number of carboxylic acids is 2. The second-order valence-electron chi connectivity index (χ2n) is 5.99. The molecule has 0 aromatic rings. The van der Waals surface area contributed by atoms with Crippen molar-refractivity contribution < 1.29 is 29.7 Å². The molecular formula is C14H26N2O6. The van der Waals surface area contributed by atoms with Crippen LogP contribution in [-0.2, 0) is 14.4 Å². The molecule has 1 fully saturated rings. The van der Waals surface area contributed by atoms with Crippen molar-refractivity contribution in [3.05, 3.63) is 0 Å². The number of nitrogens with one attached hydrogen (secondary N) is 1. The Hall–Kier alpha value is -1.67. The second-order valence-corrected chi connectivity index (χ2v) is 5.99. The molecule has 0 saturated heterocycles. The number of aliphatic carboxylic acids is 2. The van der Waals surface area contributed by atoms with Crippen molar-refractivity contribution in [2.45, 2.75) is 57.6 Å². The number of hydrogen-bond acceptors (Lipinski definition) is 5. The fourth-order valence-electron chi connectivity index (χ4n) is 2.12. The lowest BCUT2D eigenvalue weighted by atomic mass is 9.84. The first-order valence-electron chi connectivity index (χ1n) is 7.27. The molecule has 1 rings (SSSR count). The predicted octanol–water partition coefficient (Wildman–Crippen LogP) is -0.0633. The van der Waals surface area contributed by atoms with E-state index in [0.717, 1.165) is 25.7 Å². The van der Waals surface area contributed by atoms with Gasteiger partial charge in [-0.15, -0.1) is 0 Å². The molecule has 0 heterocycles. The molecule has 22 heavy (non-hydrogen) atoms. The maximum Gasteiger partial charge on any atom is 0.414 e. The van der Waals surface area contributed by atoms with E-state index >= 15 is 0 Å². The molecule has 0 aliphatic heterocycles. The van der Waals surface area contributed by atoms with Crippen LogP contribution in [0, 0.1) is 5.92 Å². The number of rotatable bonds is 4. The molecular weight excluding hydrogens is 292 g/mol. The molecule has 1 amide bonds. The highest BCUT2D eigenvalue weighted by Crippen LogP contribution is 2.26. The van der Waals surface area contributed by atoms with Gasteiger partial charge in [-0.1, -0.05) is 12.8 Å². The molecule has 6 N–H and O–H groups in total. The van der Waals surface area contributed by atoms with Crippen molar-refractivity contribution in [1.29, 1.82) is 0 Å². The lowest BCUT2D eigenvalue weighted by molar-refractivity contribution is -0.159. The van der Waals surface area contributed by atoms with E-state index in [1.165, 1.54) is 6.42 Å². The van der Waals surface area contributed by atoms with E-state index in [1.54, 1.807) is 13.8 Å². The van der Waals surface area contributed by atoms with Gasteiger partial charge in [-0.25, -0.2) is 9.59 Å². The van der Waals surface area contributed by atoms with Gasteiger partial charge in [0, 0.05) is 6.54 Å². The van der Waals surface area contributed by atoms with Crippen LogP contribution in [0.4, 0.5) is 0 Å². The molecule has 2 atom stereocenters. The summed E-state index contributed by atoms with van der Waals surface area (Å²) in [6.07, 6.45) is 4.96. The van der Waals surface area contributed by atoms with Crippen LogP contribution in [0.5, 0.6) is 0 Å². The maximum atomic E-state index is 11.5. The van der Waals surface area contributed by atoms with Crippen LogP contribution in [0.2, 0.25) is 0 Å². The number of aliphatic hydroxyl groups excluding tert-OH is 1. The first kappa shape index (κ1) is 20.3. The van der Waals surface area contributed by atoms with Crippen molar-refractivity contribution in [3.63, 3.8) is 0 Å². The minimum Gasteiger partial charge on any atom is -0.473 e. The van der Waals surface area contributed by atoms with Crippen molar-refractivity contribution in [2.75, 3.05) is 6.54 Å². The Kier molecular flexibility index (Phi) is 8.66. The van der Waals surface area contributed by atoms with Gasteiger partial charge in [0.1, 0.15) is 0 Å². The van der Waals surface area contributed by atoms with Gasteiger partial charge in [0.2, 0.25) is 5.91 Å². The summed E-state index contributed by atoms with van der Waals surface area (Å²) in [6.45, 7) is 4.00. The first-order chi connectivity index (χ1) is 10.1. The van der Waals surface area contributed by atoms with Crippen LogP contribution in [0.15, 0.2) is 0 Å². The predicted molar refractivity (Wildman–Crippen MR) is 79.1 cm³/mol. The van der Waals surface area contributed by atoms with E-state index in [4.69, 9.17) is 25.5 Å². The lowest BCUT2D eigenvalue weighted by Gasteiger charge is -2.28. The third kappa shape index (κ3) is 8.58. The first-order valence-corrected chi connectivity index (χ1v) is 7.27. The summed E-state index contributed by atoms with van der Waals surface area (Å²) in [4.78, 5) is 29.7.